The molecule has 0 unspecified atom stereocenters. The number of benzene rings is 2. The lowest BCUT2D eigenvalue weighted by Crippen LogP contribution is -2.30. The molecule has 0 saturated carbocycles. The van der Waals surface area contributed by atoms with E-state index < -0.39 is 17.2 Å². The van der Waals surface area contributed by atoms with Crippen LogP contribution in [0.2, 0.25) is 0 Å². The minimum absolute atomic E-state index is 0.0275. The molecule has 0 fully saturated rings. The van der Waals surface area contributed by atoms with E-state index in [1.807, 2.05) is 32.2 Å². The Morgan fingerprint density at radius 3 is 2.36 bits per heavy atom. The average molecular weight is 669 g/mol. The maximum absolute atomic E-state index is 15.6. The molecule has 11 heteroatoms. The number of aliphatic carboxylic acids is 1. The van der Waals surface area contributed by atoms with Crippen molar-refractivity contribution in [1.82, 2.24) is 4.90 Å². The van der Waals surface area contributed by atoms with Crippen molar-refractivity contribution in [3.8, 4) is 23.0 Å². The second-order valence-corrected chi connectivity index (χ2v) is 13.4. The van der Waals surface area contributed by atoms with E-state index in [-0.39, 0.29) is 54.8 Å². The van der Waals surface area contributed by atoms with E-state index in [4.69, 9.17) is 29.5 Å². The number of amidine groups is 1. The first kappa shape index (κ1) is 35.7. The number of carboxylic acids is 1. The van der Waals surface area contributed by atoms with Crippen LogP contribution in [-0.4, -0.2) is 60.6 Å². The number of thiophene rings is 1. The van der Waals surface area contributed by atoms with Crippen molar-refractivity contribution in [2.75, 3.05) is 33.0 Å². The maximum Gasteiger partial charge on any atom is 0.303 e. The van der Waals surface area contributed by atoms with Crippen molar-refractivity contribution in [2.24, 2.45) is 0 Å². The van der Waals surface area contributed by atoms with E-state index >= 15 is 4.39 Å². The predicted molar refractivity (Wildman–Crippen MR) is 181 cm³/mol. The first-order chi connectivity index (χ1) is 22.4. The Bertz CT molecular complexity index is 1570. The molecule has 47 heavy (non-hydrogen) atoms. The Morgan fingerprint density at radius 1 is 0.979 bits per heavy atom. The Morgan fingerprint density at radius 2 is 1.70 bits per heavy atom. The number of hydrogen-bond donors (Lipinski definition) is 2. The number of ether oxygens (including phenoxy) is 4. The van der Waals surface area contributed by atoms with Gasteiger partial charge in [-0.05, 0) is 80.2 Å². The van der Waals surface area contributed by atoms with Gasteiger partial charge >= 0.3 is 5.97 Å². The summed E-state index contributed by atoms with van der Waals surface area (Å²) in [4.78, 5) is 27.7. The monoisotopic (exact) mass is 668 g/mol. The SMILES string of the molecule is CCOc1cc2c(c(F)c1OCC)C(=N)N(CC(=O)c1cc(OCCCc3cccs3)c(OCCCCC(=O)O)c(C(C)(C)C)c1)C2. The van der Waals surface area contributed by atoms with Crippen LogP contribution in [0.15, 0.2) is 35.7 Å². The number of nitrogens with one attached hydrogen (secondary N) is 1. The van der Waals surface area contributed by atoms with Gasteiger partial charge in [-0.25, -0.2) is 4.39 Å². The Hall–Kier alpha value is -4.12. The van der Waals surface area contributed by atoms with Crippen LogP contribution in [0, 0.1) is 11.2 Å². The standard InChI is InChI=1S/C36H45FN2O7S/c1-6-43-29-20-24-21-39(35(38)31(24)32(37)34(29)44-7-2)22-27(40)23-18-26(36(3,4)5)33(46-15-9-8-14-30(41)42)28(19-23)45-16-10-12-25-13-11-17-47-25/h11,13,17-20,38H,6-10,12,14-16,21-22H2,1-5H3,(H,41,42). The van der Waals surface area contributed by atoms with Gasteiger partial charge in [-0.1, -0.05) is 26.8 Å². The van der Waals surface area contributed by atoms with E-state index in [9.17, 15) is 9.59 Å². The van der Waals surface area contributed by atoms with Crippen molar-refractivity contribution < 1.29 is 38.0 Å². The molecule has 0 radical (unpaired) electrons. The molecule has 0 atom stereocenters. The number of Topliss-reactive ketones (excluding diaryl/α,β-unsaturated/α-hetero) is 1. The molecular weight excluding hydrogens is 623 g/mol. The van der Waals surface area contributed by atoms with Gasteiger partial charge in [-0.15, -0.1) is 11.3 Å². The molecule has 4 rings (SSSR count). The highest BCUT2D eigenvalue weighted by Crippen LogP contribution is 2.42. The van der Waals surface area contributed by atoms with Crippen LogP contribution in [0.3, 0.4) is 0 Å². The number of ketones is 1. The van der Waals surface area contributed by atoms with E-state index in [0.29, 0.717) is 55.3 Å². The molecule has 1 aliphatic heterocycles. The number of nitrogens with zero attached hydrogens (tertiary/aromatic N) is 1. The number of carbonyl (C=O) groups excluding carboxylic acids is 1. The van der Waals surface area contributed by atoms with Crippen molar-refractivity contribution in [1.29, 1.82) is 5.41 Å². The highest BCUT2D eigenvalue weighted by molar-refractivity contribution is 7.09. The minimum atomic E-state index is -0.848. The zero-order valence-corrected chi connectivity index (χ0v) is 28.7. The van der Waals surface area contributed by atoms with Crippen LogP contribution in [0.1, 0.15) is 92.2 Å². The molecule has 3 aromatic rings. The predicted octanol–water partition coefficient (Wildman–Crippen LogP) is 7.65. The average Bonchev–Trinajstić information content (AvgIpc) is 3.64. The number of carboxylic acid groups (broad SMARTS) is 1. The van der Waals surface area contributed by atoms with Crippen LogP contribution in [0.5, 0.6) is 23.0 Å². The van der Waals surface area contributed by atoms with Gasteiger partial charge in [-0.3, -0.25) is 15.0 Å². The minimum Gasteiger partial charge on any atom is -0.490 e. The molecule has 1 aromatic heterocycles. The normalized spacial score (nSPS) is 12.6. The van der Waals surface area contributed by atoms with Crippen LogP contribution in [0.25, 0.3) is 0 Å². The first-order valence-electron chi connectivity index (χ1n) is 16.1. The van der Waals surface area contributed by atoms with Crippen molar-refractivity contribution in [2.45, 2.75) is 78.7 Å². The molecule has 254 valence electrons. The van der Waals surface area contributed by atoms with E-state index in [2.05, 4.69) is 6.07 Å². The molecule has 0 bridgehead atoms. The fraction of sp³-hybridized carbons (Fsp3) is 0.472. The van der Waals surface area contributed by atoms with E-state index in [1.165, 1.54) is 4.88 Å². The van der Waals surface area contributed by atoms with Gasteiger partial charge in [0.05, 0.1) is 38.5 Å². The van der Waals surface area contributed by atoms with E-state index in [1.54, 1.807) is 48.3 Å². The summed E-state index contributed by atoms with van der Waals surface area (Å²) >= 11 is 1.69. The molecule has 1 aliphatic rings. The van der Waals surface area contributed by atoms with Crippen molar-refractivity contribution in [3.63, 3.8) is 0 Å². The lowest BCUT2D eigenvalue weighted by molar-refractivity contribution is -0.137. The second kappa shape index (κ2) is 16.1. The number of aryl methyl sites for hydroxylation is 1. The van der Waals surface area contributed by atoms with Gasteiger partial charge in [0.25, 0.3) is 0 Å². The molecule has 0 saturated heterocycles. The summed E-state index contributed by atoms with van der Waals surface area (Å²) in [5, 5.41) is 19.8. The Balaban J connectivity index is 1.59. The van der Waals surface area contributed by atoms with Crippen LogP contribution >= 0.6 is 11.3 Å². The number of hydrogen-bond acceptors (Lipinski definition) is 8. The Kier molecular flexibility index (Phi) is 12.3. The number of fused-ring (bicyclic) bond motifs is 1. The van der Waals surface area contributed by atoms with Crippen LogP contribution in [0.4, 0.5) is 4.39 Å². The molecular formula is C36H45FN2O7S. The molecule has 9 nitrogen and oxygen atoms in total. The highest BCUT2D eigenvalue weighted by atomic mass is 32.1. The van der Waals surface area contributed by atoms with Crippen molar-refractivity contribution in [3.05, 3.63) is 68.7 Å². The molecule has 0 spiro atoms. The van der Waals surface area contributed by atoms with E-state index in [0.717, 1.165) is 18.4 Å². The lowest BCUT2D eigenvalue weighted by Gasteiger charge is -2.26. The fourth-order valence-corrected chi connectivity index (χ4v) is 6.19. The van der Waals surface area contributed by atoms with Gasteiger partial charge in [0.2, 0.25) is 0 Å². The summed E-state index contributed by atoms with van der Waals surface area (Å²) in [5.74, 6) is -0.613. The number of halogens is 1. The van der Waals surface area contributed by atoms with Gasteiger partial charge in [0.15, 0.2) is 34.6 Å². The smallest absolute Gasteiger partial charge is 0.303 e. The third-order valence-electron chi connectivity index (χ3n) is 7.73. The molecule has 2 heterocycles. The summed E-state index contributed by atoms with van der Waals surface area (Å²) in [5.41, 5.74) is 1.43. The van der Waals surface area contributed by atoms with Gasteiger partial charge in [-0.2, -0.15) is 0 Å². The lowest BCUT2D eigenvalue weighted by atomic mass is 9.84. The summed E-state index contributed by atoms with van der Waals surface area (Å²) in [6, 6.07) is 9.28. The fourth-order valence-electron chi connectivity index (χ4n) is 5.44. The van der Waals surface area contributed by atoms with Crippen LogP contribution in [-0.2, 0) is 23.2 Å². The first-order valence-corrected chi connectivity index (χ1v) is 17.0. The van der Waals surface area contributed by atoms with Gasteiger partial charge in [0, 0.05) is 29.0 Å². The summed E-state index contributed by atoms with van der Waals surface area (Å²) in [6.45, 7) is 10.9. The third kappa shape index (κ3) is 9.03. The number of rotatable bonds is 18. The Labute approximate surface area is 280 Å². The van der Waals surface area contributed by atoms with Gasteiger partial charge < -0.3 is 29.0 Å². The van der Waals surface area contributed by atoms with Crippen LogP contribution < -0.4 is 18.9 Å². The summed E-state index contributed by atoms with van der Waals surface area (Å²) in [6.07, 6.45) is 2.73. The molecule has 2 N–H and O–H groups in total. The topological polar surface area (TPSA) is 118 Å². The summed E-state index contributed by atoms with van der Waals surface area (Å²) in [7, 11) is 0. The highest BCUT2D eigenvalue weighted by Gasteiger charge is 2.34. The zero-order chi connectivity index (χ0) is 34.1. The molecule has 2 aromatic carbocycles. The maximum atomic E-state index is 15.6. The largest absolute Gasteiger partial charge is 0.490 e. The van der Waals surface area contributed by atoms with Gasteiger partial charge in [0.1, 0.15) is 5.84 Å². The number of carbonyl (C=O) groups is 2. The number of unbranched alkanes of at least 4 members (excludes halogenated alkanes) is 1. The summed E-state index contributed by atoms with van der Waals surface area (Å²) < 4.78 is 39.3. The van der Waals surface area contributed by atoms with Crippen molar-refractivity contribution >= 4 is 28.9 Å². The molecule has 0 amide bonds. The molecule has 0 aliphatic carbocycles. The third-order valence-corrected chi connectivity index (χ3v) is 8.66. The zero-order valence-electron chi connectivity index (χ0n) is 27.9. The second-order valence-electron chi connectivity index (χ2n) is 12.4. The quantitative estimate of drug-likeness (QED) is 0.105.